The van der Waals surface area contributed by atoms with E-state index in [0.717, 1.165) is 0 Å². The second kappa shape index (κ2) is 3.82. The number of carbonyl (C=O) groups is 2. The van der Waals surface area contributed by atoms with Gasteiger partial charge in [0.2, 0.25) is 0 Å². The first kappa shape index (κ1) is 14.4. The molecule has 0 amide bonds. The third kappa shape index (κ3) is 1.30. The summed E-state index contributed by atoms with van der Waals surface area (Å²) in [5, 5.41) is 10.8. The van der Waals surface area contributed by atoms with Crippen molar-refractivity contribution in [2.75, 3.05) is 0 Å². The van der Waals surface area contributed by atoms with Crippen LogP contribution in [0.2, 0.25) is 0 Å². The fraction of sp³-hybridized carbons (Fsp3) is 0.765. The van der Waals surface area contributed by atoms with E-state index in [4.69, 9.17) is 9.47 Å². The van der Waals surface area contributed by atoms with Crippen LogP contribution in [0.4, 0.5) is 0 Å². The van der Waals surface area contributed by atoms with Gasteiger partial charge in [-0.05, 0) is 45.1 Å². The van der Waals surface area contributed by atoms with Crippen molar-refractivity contribution in [1.82, 2.24) is 0 Å². The summed E-state index contributed by atoms with van der Waals surface area (Å²) in [5.74, 6) is -2.04. The van der Waals surface area contributed by atoms with Gasteiger partial charge in [-0.25, -0.2) is 0 Å². The third-order valence-electron chi connectivity index (χ3n) is 6.88. The van der Waals surface area contributed by atoms with E-state index in [1.807, 2.05) is 13.0 Å². The van der Waals surface area contributed by atoms with Crippen molar-refractivity contribution in [2.45, 2.75) is 52.1 Å². The van der Waals surface area contributed by atoms with E-state index in [2.05, 4.69) is 6.92 Å². The molecular formula is C17H22O5. The molecule has 4 aliphatic rings. The van der Waals surface area contributed by atoms with Crippen LogP contribution in [0.15, 0.2) is 12.2 Å². The zero-order chi connectivity index (χ0) is 16.1. The number of aliphatic hydroxyl groups is 1. The van der Waals surface area contributed by atoms with Gasteiger partial charge >= 0.3 is 5.97 Å². The second-order valence-electron chi connectivity index (χ2n) is 7.94. The van der Waals surface area contributed by atoms with Crippen LogP contribution in [-0.4, -0.2) is 34.9 Å². The number of ketones is 1. The zero-order valence-corrected chi connectivity index (χ0v) is 13.3. The average Bonchev–Trinajstić information content (AvgIpc) is 2.91. The topological polar surface area (TPSA) is 72.8 Å². The van der Waals surface area contributed by atoms with Gasteiger partial charge in [0.05, 0.1) is 11.5 Å². The van der Waals surface area contributed by atoms with Crippen LogP contribution in [0.1, 0.15) is 34.1 Å². The van der Waals surface area contributed by atoms with Gasteiger partial charge in [0.15, 0.2) is 11.6 Å². The zero-order valence-electron chi connectivity index (χ0n) is 13.3. The first-order valence-corrected chi connectivity index (χ1v) is 7.98. The molecule has 0 bridgehead atoms. The van der Waals surface area contributed by atoms with Gasteiger partial charge < -0.3 is 14.6 Å². The van der Waals surface area contributed by atoms with E-state index >= 15 is 0 Å². The number of fused-ring (bicyclic) bond motifs is 2. The highest BCUT2D eigenvalue weighted by Crippen LogP contribution is 2.64. The summed E-state index contributed by atoms with van der Waals surface area (Å²) in [5.41, 5.74) is -1.86. The quantitative estimate of drug-likeness (QED) is 0.686. The lowest BCUT2D eigenvalue weighted by atomic mass is 9.64. The molecule has 22 heavy (non-hydrogen) atoms. The number of ether oxygens (including phenoxy) is 2. The van der Waals surface area contributed by atoms with E-state index in [9.17, 15) is 14.7 Å². The summed E-state index contributed by atoms with van der Waals surface area (Å²) < 4.78 is 11.6. The number of allylic oxidation sites excluding steroid dienone is 2. The van der Waals surface area contributed by atoms with E-state index in [-0.39, 0.29) is 29.6 Å². The van der Waals surface area contributed by atoms with Crippen molar-refractivity contribution in [1.29, 1.82) is 0 Å². The van der Waals surface area contributed by atoms with Gasteiger partial charge in [-0.1, -0.05) is 13.0 Å². The molecule has 120 valence electrons. The maximum Gasteiger partial charge on any atom is 0.318 e. The van der Waals surface area contributed by atoms with Crippen LogP contribution in [0.3, 0.4) is 0 Å². The van der Waals surface area contributed by atoms with Gasteiger partial charge in [0.25, 0.3) is 0 Å². The third-order valence-corrected chi connectivity index (χ3v) is 6.88. The molecule has 4 rings (SSSR count). The summed E-state index contributed by atoms with van der Waals surface area (Å²) in [6.45, 7) is 7.23. The fourth-order valence-electron chi connectivity index (χ4n) is 5.33. The molecule has 2 aliphatic heterocycles. The standard InChI is InChI=1S/C17H22O5/c1-8-7-10-12-13(15(2)9(8)5-6-11(15)18)22-17(4,20)16(12,3)14(19)21-10/h5-6,8-10,12-13,20H,7H2,1-4H3/t8-,9-,10+,12-,13-,15+,16-,17-/m1/s1. The molecule has 2 aliphatic carbocycles. The van der Waals surface area contributed by atoms with Gasteiger partial charge in [-0.3, -0.25) is 9.59 Å². The lowest BCUT2D eigenvalue weighted by Gasteiger charge is -2.37. The van der Waals surface area contributed by atoms with E-state index < -0.39 is 28.7 Å². The van der Waals surface area contributed by atoms with Gasteiger partial charge in [0.1, 0.15) is 11.5 Å². The monoisotopic (exact) mass is 306 g/mol. The van der Waals surface area contributed by atoms with Crippen molar-refractivity contribution in [3.63, 3.8) is 0 Å². The minimum atomic E-state index is -1.62. The Morgan fingerprint density at radius 1 is 1.27 bits per heavy atom. The van der Waals surface area contributed by atoms with Crippen molar-refractivity contribution in [3.05, 3.63) is 12.2 Å². The van der Waals surface area contributed by atoms with Crippen LogP contribution < -0.4 is 0 Å². The molecule has 0 aromatic carbocycles. The summed E-state index contributed by atoms with van der Waals surface area (Å²) in [6, 6.07) is 0. The van der Waals surface area contributed by atoms with Crippen LogP contribution >= 0.6 is 0 Å². The molecule has 0 radical (unpaired) electrons. The van der Waals surface area contributed by atoms with Crippen molar-refractivity contribution in [3.8, 4) is 0 Å². The molecule has 2 heterocycles. The molecule has 1 N–H and O–H groups in total. The van der Waals surface area contributed by atoms with Gasteiger partial charge in [-0.2, -0.15) is 0 Å². The van der Waals surface area contributed by atoms with Crippen molar-refractivity contribution in [2.24, 2.45) is 28.6 Å². The number of hydrogen-bond acceptors (Lipinski definition) is 5. The Labute approximate surface area is 129 Å². The first-order valence-electron chi connectivity index (χ1n) is 7.98. The number of rotatable bonds is 0. The number of carbonyl (C=O) groups excluding carboxylic acids is 2. The first-order chi connectivity index (χ1) is 10.1. The van der Waals surface area contributed by atoms with Crippen molar-refractivity contribution < 1.29 is 24.2 Å². The highest BCUT2D eigenvalue weighted by atomic mass is 16.7. The maximum atomic E-state index is 12.6. The second-order valence-corrected chi connectivity index (χ2v) is 7.94. The van der Waals surface area contributed by atoms with Gasteiger partial charge in [-0.15, -0.1) is 0 Å². The molecular weight excluding hydrogens is 284 g/mol. The highest BCUT2D eigenvalue weighted by Gasteiger charge is 2.76. The largest absolute Gasteiger partial charge is 0.461 e. The molecule has 5 heteroatoms. The minimum Gasteiger partial charge on any atom is -0.461 e. The number of hydrogen-bond donors (Lipinski definition) is 1. The maximum absolute atomic E-state index is 12.6. The summed E-state index contributed by atoms with van der Waals surface area (Å²) in [6.07, 6.45) is 3.48. The summed E-state index contributed by atoms with van der Waals surface area (Å²) >= 11 is 0. The predicted molar refractivity (Wildman–Crippen MR) is 76.5 cm³/mol. The summed E-state index contributed by atoms with van der Waals surface area (Å²) in [7, 11) is 0. The number of esters is 1. The molecule has 1 saturated carbocycles. The Morgan fingerprint density at radius 2 is 1.95 bits per heavy atom. The van der Waals surface area contributed by atoms with Crippen LogP contribution in [0.25, 0.3) is 0 Å². The fourth-order valence-corrected chi connectivity index (χ4v) is 5.33. The van der Waals surface area contributed by atoms with Crippen LogP contribution in [0.5, 0.6) is 0 Å². The summed E-state index contributed by atoms with van der Waals surface area (Å²) in [4.78, 5) is 25.1. The molecule has 0 unspecified atom stereocenters. The van der Waals surface area contributed by atoms with Crippen LogP contribution in [0, 0.1) is 28.6 Å². The molecule has 0 aromatic heterocycles. The Kier molecular flexibility index (Phi) is 2.50. The smallest absolute Gasteiger partial charge is 0.318 e. The molecule has 8 atom stereocenters. The SMILES string of the molecule is C[C@@H]1C[C@@H]2OC(=O)[C@@]3(C)[C@H]2[C@@H](O[C@@]3(C)O)[C@]2(C)C(=O)C=C[C@H]12. The van der Waals surface area contributed by atoms with E-state index in [0.29, 0.717) is 6.42 Å². The Hall–Kier alpha value is -1.20. The van der Waals surface area contributed by atoms with E-state index in [1.54, 1.807) is 13.0 Å². The molecule has 0 spiro atoms. The molecule has 3 fully saturated rings. The van der Waals surface area contributed by atoms with Crippen molar-refractivity contribution >= 4 is 11.8 Å². The Morgan fingerprint density at radius 3 is 2.64 bits per heavy atom. The average molecular weight is 306 g/mol. The Balaban J connectivity index is 1.92. The van der Waals surface area contributed by atoms with E-state index in [1.165, 1.54) is 6.92 Å². The highest BCUT2D eigenvalue weighted by molar-refractivity contribution is 5.98. The minimum absolute atomic E-state index is 0.0226. The molecule has 5 nitrogen and oxygen atoms in total. The Bertz CT molecular complexity index is 608. The molecule has 2 saturated heterocycles. The predicted octanol–water partition coefficient (Wildman–Crippen LogP) is 1.44. The van der Waals surface area contributed by atoms with Crippen LogP contribution in [-0.2, 0) is 19.1 Å². The molecule has 0 aromatic rings. The lowest BCUT2D eigenvalue weighted by molar-refractivity contribution is -0.239. The normalized spacial score (nSPS) is 59.2. The van der Waals surface area contributed by atoms with Gasteiger partial charge in [0, 0.05) is 5.92 Å². The lowest BCUT2D eigenvalue weighted by Crippen LogP contribution is -2.47.